The maximum absolute atomic E-state index is 13.3. The molecule has 2 heterocycles. The number of aryl methyl sites for hydroxylation is 2. The van der Waals surface area contributed by atoms with Crippen molar-refractivity contribution < 1.29 is 14.7 Å². The van der Waals surface area contributed by atoms with E-state index in [1.165, 1.54) is 0 Å². The Balaban J connectivity index is 1.66. The molecule has 2 aromatic heterocycles. The predicted octanol–water partition coefficient (Wildman–Crippen LogP) is 6.35. The molecule has 1 unspecified atom stereocenters. The first-order valence-corrected chi connectivity index (χ1v) is 13.0. The van der Waals surface area contributed by atoms with Crippen molar-refractivity contribution in [2.24, 2.45) is 0 Å². The van der Waals surface area contributed by atoms with Gasteiger partial charge in [-0.05, 0) is 63.4 Å². The van der Waals surface area contributed by atoms with Crippen molar-refractivity contribution in [2.45, 2.75) is 45.6 Å². The van der Waals surface area contributed by atoms with E-state index in [1.54, 1.807) is 47.5 Å². The van der Waals surface area contributed by atoms with Gasteiger partial charge in [0, 0.05) is 40.7 Å². The van der Waals surface area contributed by atoms with Crippen molar-refractivity contribution >= 4 is 45.8 Å². The van der Waals surface area contributed by atoms with Crippen LogP contribution in [0.15, 0.2) is 47.8 Å². The second-order valence-electron chi connectivity index (χ2n) is 8.75. The highest BCUT2D eigenvalue weighted by Gasteiger charge is 2.22. The molecule has 2 aromatic carbocycles. The van der Waals surface area contributed by atoms with Crippen molar-refractivity contribution in [3.8, 4) is 11.3 Å². The Morgan fingerprint density at radius 3 is 2.47 bits per heavy atom. The largest absolute Gasteiger partial charge is 0.481 e. The molecular weight excluding hydrogens is 496 g/mol. The summed E-state index contributed by atoms with van der Waals surface area (Å²) in [6.07, 6.45) is 1.90. The molecule has 36 heavy (non-hydrogen) atoms. The standard InChI is InChI=1S/C27H27ClN4O3S/c1-16-15-36-26(29-16)17(2)32(3)27(35)19-10-13-21-23(14-19)30-22(6-4-5-7-24(33)34)25(31-21)18-8-11-20(28)12-9-18/h8-15,17H,4-7H2,1-3H3,(H,33,34). The van der Waals surface area contributed by atoms with E-state index in [9.17, 15) is 9.59 Å². The third-order valence-electron chi connectivity index (χ3n) is 6.05. The van der Waals surface area contributed by atoms with Crippen LogP contribution in [0.2, 0.25) is 5.02 Å². The highest BCUT2D eigenvalue weighted by molar-refractivity contribution is 7.09. The van der Waals surface area contributed by atoms with Crippen molar-refractivity contribution in [2.75, 3.05) is 7.05 Å². The number of thiazole rings is 1. The predicted molar refractivity (Wildman–Crippen MR) is 143 cm³/mol. The third-order valence-corrected chi connectivity index (χ3v) is 7.44. The van der Waals surface area contributed by atoms with Gasteiger partial charge in [0.05, 0.1) is 28.5 Å². The van der Waals surface area contributed by atoms with Gasteiger partial charge in [0.2, 0.25) is 0 Å². The van der Waals surface area contributed by atoms with Crippen LogP contribution in [0.25, 0.3) is 22.3 Å². The Bertz CT molecular complexity index is 1400. The quantitative estimate of drug-likeness (QED) is 0.257. The number of hydrogen-bond donors (Lipinski definition) is 1. The van der Waals surface area contributed by atoms with Gasteiger partial charge in [-0.3, -0.25) is 9.59 Å². The number of carboxylic acids is 1. The zero-order valence-electron chi connectivity index (χ0n) is 20.4. The number of aliphatic carboxylic acids is 1. The first-order chi connectivity index (χ1) is 17.2. The third kappa shape index (κ3) is 5.88. The summed E-state index contributed by atoms with van der Waals surface area (Å²) in [6, 6.07) is 12.6. The van der Waals surface area contributed by atoms with E-state index in [-0.39, 0.29) is 18.4 Å². The highest BCUT2D eigenvalue weighted by atomic mass is 35.5. The number of fused-ring (bicyclic) bond motifs is 1. The molecule has 0 aliphatic heterocycles. The maximum Gasteiger partial charge on any atom is 0.303 e. The fourth-order valence-electron chi connectivity index (χ4n) is 3.92. The van der Waals surface area contributed by atoms with Crippen LogP contribution in [0.5, 0.6) is 0 Å². The lowest BCUT2D eigenvalue weighted by Gasteiger charge is -2.23. The van der Waals surface area contributed by atoms with Gasteiger partial charge < -0.3 is 10.0 Å². The Hall–Kier alpha value is -3.36. The number of halogens is 1. The van der Waals surface area contributed by atoms with Crippen LogP contribution in [0.4, 0.5) is 0 Å². The molecule has 0 aliphatic carbocycles. The number of carbonyl (C=O) groups is 2. The average molecular weight is 523 g/mol. The number of rotatable bonds is 9. The number of carboxylic acid groups (broad SMARTS) is 1. The van der Waals surface area contributed by atoms with Gasteiger partial charge in [0.15, 0.2) is 0 Å². The van der Waals surface area contributed by atoms with Crippen molar-refractivity contribution in [3.63, 3.8) is 0 Å². The van der Waals surface area contributed by atoms with E-state index in [4.69, 9.17) is 26.7 Å². The summed E-state index contributed by atoms with van der Waals surface area (Å²) in [5, 5.41) is 12.5. The molecular formula is C27H27ClN4O3S. The molecule has 4 rings (SSSR count). The fraction of sp³-hybridized carbons (Fsp3) is 0.296. The van der Waals surface area contributed by atoms with E-state index in [2.05, 4.69) is 4.98 Å². The summed E-state index contributed by atoms with van der Waals surface area (Å²) in [5.41, 5.74) is 5.15. The molecule has 0 spiro atoms. The van der Waals surface area contributed by atoms with Crippen molar-refractivity contribution in [1.29, 1.82) is 0 Å². The van der Waals surface area contributed by atoms with Crippen molar-refractivity contribution in [1.82, 2.24) is 19.9 Å². The summed E-state index contributed by atoms with van der Waals surface area (Å²) >= 11 is 7.61. The fourth-order valence-corrected chi connectivity index (χ4v) is 4.94. The second kappa shape index (κ2) is 11.1. The number of unbranched alkanes of at least 4 members (excludes halogenated alkanes) is 1. The Kier molecular flexibility index (Phi) is 7.96. The van der Waals surface area contributed by atoms with E-state index in [0.29, 0.717) is 40.9 Å². The number of hydrogen-bond acceptors (Lipinski definition) is 6. The summed E-state index contributed by atoms with van der Waals surface area (Å²) in [4.78, 5) is 40.1. The molecule has 1 amide bonds. The molecule has 0 saturated heterocycles. The minimum Gasteiger partial charge on any atom is -0.481 e. The summed E-state index contributed by atoms with van der Waals surface area (Å²) in [5.74, 6) is -0.934. The number of carbonyl (C=O) groups excluding carboxylic acids is 1. The lowest BCUT2D eigenvalue weighted by molar-refractivity contribution is -0.137. The molecule has 4 aromatic rings. The summed E-state index contributed by atoms with van der Waals surface area (Å²) in [7, 11) is 1.77. The number of benzene rings is 2. The zero-order chi connectivity index (χ0) is 25.8. The summed E-state index contributed by atoms with van der Waals surface area (Å²) < 4.78 is 0. The second-order valence-corrected chi connectivity index (χ2v) is 10.1. The molecule has 0 aliphatic rings. The maximum atomic E-state index is 13.3. The van der Waals surface area contributed by atoms with Crippen LogP contribution in [0.1, 0.15) is 59.0 Å². The molecule has 1 atom stereocenters. The van der Waals surface area contributed by atoms with Gasteiger partial charge in [-0.25, -0.2) is 15.0 Å². The lowest BCUT2D eigenvalue weighted by Crippen LogP contribution is -2.29. The first-order valence-electron chi connectivity index (χ1n) is 11.7. The molecule has 186 valence electrons. The molecule has 0 saturated carbocycles. The van der Waals surface area contributed by atoms with E-state index in [1.807, 2.05) is 37.4 Å². The Morgan fingerprint density at radius 1 is 1.06 bits per heavy atom. The molecule has 0 radical (unpaired) electrons. The monoisotopic (exact) mass is 522 g/mol. The van der Waals surface area contributed by atoms with Crippen LogP contribution in [-0.4, -0.2) is 43.9 Å². The topological polar surface area (TPSA) is 96.3 Å². The number of nitrogens with zero attached hydrogens (tertiary/aromatic N) is 4. The highest BCUT2D eigenvalue weighted by Crippen LogP contribution is 2.28. The minimum absolute atomic E-state index is 0.110. The van der Waals surface area contributed by atoms with Gasteiger partial charge in [0.25, 0.3) is 5.91 Å². The molecule has 7 nitrogen and oxygen atoms in total. The Labute approximate surface area is 218 Å². The van der Waals surface area contributed by atoms with Crippen LogP contribution >= 0.6 is 22.9 Å². The van der Waals surface area contributed by atoms with Gasteiger partial charge in [-0.15, -0.1) is 11.3 Å². The number of amides is 1. The van der Waals surface area contributed by atoms with E-state index in [0.717, 1.165) is 27.7 Å². The molecule has 9 heteroatoms. The molecule has 1 N–H and O–H groups in total. The zero-order valence-corrected chi connectivity index (χ0v) is 21.9. The minimum atomic E-state index is -0.813. The van der Waals surface area contributed by atoms with Crippen molar-refractivity contribution in [3.05, 3.63) is 74.8 Å². The lowest BCUT2D eigenvalue weighted by atomic mass is 10.0. The van der Waals surface area contributed by atoms with E-state index >= 15 is 0 Å². The van der Waals surface area contributed by atoms with Gasteiger partial charge in [-0.1, -0.05) is 23.7 Å². The van der Waals surface area contributed by atoms with Crippen LogP contribution in [0, 0.1) is 6.92 Å². The SMILES string of the molecule is Cc1csc(C(C)N(C)C(=O)c2ccc3nc(-c4ccc(Cl)cc4)c(CCCCC(=O)O)nc3c2)n1. The molecule has 0 bridgehead atoms. The van der Waals surface area contributed by atoms with Gasteiger partial charge in [0.1, 0.15) is 5.01 Å². The van der Waals surface area contributed by atoms with Crippen LogP contribution < -0.4 is 0 Å². The normalized spacial score (nSPS) is 12.0. The van der Waals surface area contributed by atoms with Crippen LogP contribution in [-0.2, 0) is 11.2 Å². The number of aromatic nitrogens is 3. The van der Waals surface area contributed by atoms with E-state index < -0.39 is 5.97 Å². The smallest absolute Gasteiger partial charge is 0.303 e. The molecule has 0 fully saturated rings. The summed E-state index contributed by atoms with van der Waals surface area (Å²) in [6.45, 7) is 3.90. The van der Waals surface area contributed by atoms with Crippen LogP contribution in [0.3, 0.4) is 0 Å². The van der Waals surface area contributed by atoms with Gasteiger partial charge in [-0.2, -0.15) is 0 Å². The average Bonchev–Trinajstić information content (AvgIpc) is 3.31. The van der Waals surface area contributed by atoms with Gasteiger partial charge >= 0.3 is 5.97 Å². The first kappa shape index (κ1) is 25.7. The Morgan fingerprint density at radius 2 is 1.81 bits per heavy atom.